The van der Waals surface area contributed by atoms with Crippen LogP contribution in [-0.2, 0) is 12.4 Å². The number of Topliss-reactive ketones (excluding diaryl/α,β-unsaturated/α-hetero) is 1. The molecule has 1 nitrogen and oxygen atoms in total. The number of hydrogen-bond donors (Lipinski definition) is 0. The predicted molar refractivity (Wildman–Crippen MR) is 76.3 cm³/mol. The molecule has 1 atom stereocenters. The van der Waals surface area contributed by atoms with Crippen LogP contribution in [-0.4, -0.2) is 10.9 Å². The van der Waals surface area contributed by atoms with Gasteiger partial charge in [-0.3, -0.25) is 4.79 Å². The molecule has 1 aromatic carbocycles. The maximum Gasteiger partial charge on any atom is 0.417 e. The first-order valence-corrected chi connectivity index (χ1v) is 7.66. The van der Waals surface area contributed by atoms with E-state index in [1.54, 1.807) is 0 Å². The van der Waals surface area contributed by atoms with Crippen molar-refractivity contribution in [2.24, 2.45) is 0 Å². The molecule has 1 aliphatic rings. The maximum atomic E-state index is 13.1. The molecule has 0 N–H and O–H groups in total. The first-order chi connectivity index (χ1) is 10.5. The molecule has 8 heteroatoms. The minimum Gasteiger partial charge on any atom is -0.293 e. The van der Waals surface area contributed by atoms with Gasteiger partial charge >= 0.3 is 12.4 Å². The standard InChI is InChI=1S/C15H15F6OP/c16-14(17,18)9-5-4-6-10(15(19,20)21)11(9)12(22)13(23)7-2-1-3-8-13/h4-6H,1-3,7-8,23H2. The minimum atomic E-state index is -5.03. The van der Waals surface area contributed by atoms with Crippen molar-refractivity contribution in [3.63, 3.8) is 0 Å². The van der Waals surface area contributed by atoms with E-state index in [1.807, 2.05) is 0 Å². The maximum absolute atomic E-state index is 13.1. The summed E-state index contributed by atoms with van der Waals surface area (Å²) in [4.78, 5) is 12.6. The van der Waals surface area contributed by atoms with E-state index < -0.39 is 40.0 Å². The Balaban J connectivity index is 2.65. The Labute approximate surface area is 131 Å². The van der Waals surface area contributed by atoms with Gasteiger partial charge in [0, 0.05) is 10.7 Å². The van der Waals surface area contributed by atoms with Crippen LogP contribution in [0, 0.1) is 0 Å². The molecule has 1 unspecified atom stereocenters. The summed E-state index contributed by atoms with van der Waals surface area (Å²) in [6, 6.07) is 1.73. The summed E-state index contributed by atoms with van der Waals surface area (Å²) >= 11 is 0. The van der Waals surface area contributed by atoms with Crippen molar-refractivity contribution in [2.75, 3.05) is 0 Å². The van der Waals surface area contributed by atoms with E-state index in [0.29, 0.717) is 31.0 Å². The molecule has 128 valence electrons. The molecule has 0 spiro atoms. The molecule has 1 fully saturated rings. The zero-order chi connectivity index (χ0) is 17.5. The molecule has 0 aromatic heterocycles. The lowest BCUT2D eigenvalue weighted by molar-refractivity contribution is -0.143. The average molecular weight is 356 g/mol. The van der Waals surface area contributed by atoms with E-state index in [1.165, 1.54) is 0 Å². The number of halogens is 6. The molecule has 23 heavy (non-hydrogen) atoms. The average Bonchev–Trinajstić information content (AvgIpc) is 2.44. The molecule has 1 saturated carbocycles. The number of carbonyl (C=O) groups excluding carboxylic acids is 1. The first kappa shape index (κ1) is 18.2. The quantitative estimate of drug-likeness (QED) is 0.389. The van der Waals surface area contributed by atoms with Crippen molar-refractivity contribution in [3.05, 3.63) is 34.9 Å². The molecule has 0 saturated heterocycles. The van der Waals surface area contributed by atoms with Gasteiger partial charge in [-0.1, -0.05) is 25.3 Å². The zero-order valence-electron chi connectivity index (χ0n) is 12.0. The molecule has 2 rings (SSSR count). The monoisotopic (exact) mass is 356 g/mol. The number of ketones is 1. The molecule has 1 aromatic rings. The summed E-state index contributed by atoms with van der Waals surface area (Å²) in [7, 11) is 2.20. The molecule has 1 aliphatic carbocycles. The third-order valence-corrected chi connectivity index (χ3v) is 4.94. The second kappa shape index (κ2) is 6.08. The van der Waals surface area contributed by atoms with Gasteiger partial charge in [-0.15, -0.1) is 9.24 Å². The Morgan fingerprint density at radius 3 is 1.74 bits per heavy atom. The van der Waals surface area contributed by atoms with E-state index in [0.717, 1.165) is 6.42 Å². The fourth-order valence-corrected chi connectivity index (χ4v) is 3.48. The van der Waals surface area contributed by atoms with Crippen LogP contribution in [0.15, 0.2) is 18.2 Å². The topological polar surface area (TPSA) is 17.1 Å². The Morgan fingerprint density at radius 1 is 0.913 bits per heavy atom. The molecule has 0 bridgehead atoms. The number of rotatable bonds is 2. The van der Waals surface area contributed by atoms with Gasteiger partial charge in [0.15, 0.2) is 5.78 Å². The van der Waals surface area contributed by atoms with Crippen molar-refractivity contribution < 1.29 is 31.1 Å². The van der Waals surface area contributed by atoms with Gasteiger partial charge in [0.1, 0.15) is 0 Å². The highest BCUT2D eigenvalue weighted by molar-refractivity contribution is 7.21. The Morgan fingerprint density at radius 2 is 1.35 bits per heavy atom. The molecular weight excluding hydrogens is 341 g/mol. The summed E-state index contributed by atoms with van der Waals surface area (Å²) < 4.78 is 78.9. The summed E-state index contributed by atoms with van der Waals surface area (Å²) in [6.07, 6.45) is -7.50. The van der Waals surface area contributed by atoms with Gasteiger partial charge in [0.05, 0.1) is 11.1 Å². The largest absolute Gasteiger partial charge is 0.417 e. The Bertz CT molecular complexity index is 567. The van der Waals surface area contributed by atoms with Crippen molar-refractivity contribution in [2.45, 2.75) is 49.6 Å². The predicted octanol–water partition coefficient (Wildman–Crippen LogP) is 5.48. The van der Waals surface area contributed by atoms with E-state index in [2.05, 4.69) is 9.24 Å². The SMILES string of the molecule is O=C(c1c(C(F)(F)F)cccc1C(F)(F)F)C1(P)CCCCC1. The molecular formula is C15H15F6OP. The molecule has 0 heterocycles. The second-order valence-electron chi connectivity index (χ2n) is 5.77. The zero-order valence-corrected chi connectivity index (χ0v) is 13.2. The van der Waals surface area contributed by atoms with Crippen molar-refractivity contribution in [1.29, 1.82) is 0 Å². The van der Waals surface area contributed by atoms with Crippen LogP contribution in [0.5, 0.6) is 0 Å². The van der Waals surface area contributed by atoms with E-state index in [-0.39, 0.29) is 12.8 Å². The van der Waals surface area contributed by atoms with Crippen molar-refractivity contribution in [1.82, 2.24) is 0 Å². The van der Waals surface area contributed by atoms with Crippen molar-refractivity contribution in [3.8, 4) is 0 Å². The third-order valence-electron chi connectivity index (χ3n) is 4.10. The second-order valence-corrected chi connectivity index (χ2v) is 6.87. The van der Waals surface area contributed by atoms with E-state index in [4.69, 9.17) is 0 Å². The summed E-state index contributed by atoms with van der Waals surface area (Å²) in [5.74, 6) is -1.09. The lowest BCUT2D eigenvalue weighted by Crippen LogP contribution is -2.37. The molecule has 0 aliphatic heterocycles. The lowest BCUT2D eigenvalue weighted by Gasteiger charge is -2.33. The highest BCUT2D eigenvalue weighted by Gasteiger charge is 2.46. The van der Waals surface area contributed by atoms with Crippen LogP contribution >= 0.6 is 9.24 Å². The highest BCUT2D eigenvalue weighted by Crippen LogP contribution is 2.45. The fraction of sp³-hybridized carbons (Fsp3) is 0.533. The van der Waals surface area contributed by atoms with E-state index >= 15 is 0 Å². The molecule has 0 amide bonds. The van der Waals surface area contributed by atoms with Crippen LogP contribution < -0.4 is 0 Å². The highest BCUT2D eigenvalue weighted by atomic mass is 31.0. The van der Waals surface area contributed by atoms with Gasteiger partial charge in [-0.2, -0.15) is 26.3 Å². The summed E-state index contributed by atoms with van der Waals surface area (Å²) in [5, 5.41) is -1.26. The van der Waals surface area contributed by atoms with Gasteiger partial charge in [0.25, 0.3) is 0 Å². The molecule has 0 radical (unpaired) electrons. The number of benzene rings is 1. The smallest absolute Gasteiger partial charge is 0.293 e. The minimum absolute atomic E-state index is 0.264. The van der Waals surface area contributed by atoms with Crippen LogP contribution in [0.3, 0.4) is 0 Å². The van der Waals surface area contributed by atoms with Crippen LogP contribution in [0.25, 0.3) is 0 Å². The Kier molecular flexibility index (Phi) is 4.82. The van der Waals surface area contributed by atoms with Gasteiger partial charge in [-0.05, 0) is 25.0 Å². The number of hydrogen-bond acceptors (Lipinski definition) is 1. The van der Waals surface area contributed by atoms with Crippen LogP contribution in [0.4, 0.5) is 26.3 Å². The van der Waals surface area contributed by atoms with E-state index in [9.17, 15) is 31.1 Å². The lowest BCUT2D eigenvalue weighted by atomic mass is 9.80. The Hall–Kier alpha value is -1.10. The van der Waals surface area contributed by atoms with Crippen LogP contribution in [0.2, 0.25) is 0 Å². The van der Waals surface area contributed by atoms with Gasteiger partial charge in [0.2, 0.25) is 0 Å². The van der Waals surface area contributed by atoms with Gasteiger partial charge < -0.3 is 0 Å². The number of alkyl halides is 6. The third kappa shape index (κ3) is 3.70. The van der Waals surface area contributed by atoms with Crippen molar-refractivity contribution >= 4 is 15.0 Å². The van der Waals surface area contributed by atoms with Gasteiger partial charge in [-0.25, -0.2) is 0 Å². The normalized spacial score (nSPS) is 18.7. The first-order valence-electron chi connectivity index (χ1n) is 7.08. The summed E-state index contributed by atoms with van der Waals surface area (Å²) in [6.45, 7) is 0. The van der Waals surface area contributed by atoms with Crippen LogP contribution in [0.1, 0.15) is 53.6 Å². The number of carbonyl (C=O) groups is 1. The summed E-state index contributed by atoms with van der Waals surface area (Å²) in [5.41, 5.74) is -4.31. The fourth-order valence-electron chi connectivity index (χ4n) is 2.93.